The second kappa shape index (κ2) is 8.49. The molecule has 1 aromatic carbocycles. The molecule has 2 amide bonds. The molecule has 2 aromatic rings. The number of benzene rings is 1. The van der Waals surface area contributed by atoms with E-state index in [0.717, 1.165) is 49.8 Å². The summed E-state index contributed by atoms with van der Waals surface area (Å²) in [4.78, 5) is 34.6. The molecule has 6 nitrogen and oxygen atoms in total. The maximum Gasteiger partial charge on any atom is 0.227 e. The Bertz CT molecular complexity index is 891. The molecule has 1 N–H and O–H groups in total. The van der Waals surface area contributed by atoms with Crippen LogP contribution in [-0.4, -0.2) is 47.9 Å². The second-order valence-electron chi connectivity index (χ2n) is 7.52. The zero-order chi connectivity index (χ0) is 20.4. The van der Waals surface area contributed by atoms with E-state index in [9.17, 15) is 14.0 Å². The van der Waals surface area contributed by atoms with Crippen LogP contribution in [0, 0.1) is 11.7 Å². The Hall–Kier alpha value is -2.48. The maximum atomic E-state index is 13.0. The van der Waals surface area contributed by atoms with E-state index in [1.165, 1.54) is 17.0 Å². The Labute approximate surface area is 173 Å². The SMILES string of the molecule is CCC(=O)N1CCN(c2nc3c(s2)C[C@@H](C(=O)Nc2ccc(F)cc2)CC3)CC1. The van der Waals surface area contributed by atoms with Crippen LogP contribution < -0.4 is 10.2 Å². The number of hydrogen-bond acceptors (Lipinski definition) is 5. The van der Waals surface area contributed by atoms with Crippen LogP contribution in [0.5, 0.6) is 0 Å². The number of nitrogens with zero attached hydrogens (tertiary/aromatic N) is 3. The molecule has 1 aliphatic heterocycles. The van der Waals surface area contributed by atoms with Crippen LogP contribution in [0.1, 0.15) is 30.3 Å². The number of aromatic nitrogens is 1. The predicted molar refractivity (Wildman–Crippen MR) is 112 cm³/mol. The number of fused-ring (bicyclic) bond motifs is 1. The van der Waals surface area contributed by atoms with Gasteiger partial charge < -0.3 is 15.1 Å². The molecule has 0 unspecified atom stereocenters. The van der Waals surface area contributed by atoms with Gasteiger partial charge in [0.2, 0.25) is 11.8 Å². The lowest BCUT2D eigenvalue weighted by atomic mass is 9.90. The van der Waals surface area contributed by atoms with Crippen molar-refractivity contribution in [2.24, 2.45) is 5.92 Å². The highest BCUT2D eigenvalue weighted by atomic mass is 32.1. The van der Waals surface area contributed by atoms with E-state index in [2.05, 4.69) is 10.2 Å². The fourth-order valence-electron chi connectivity index (χ4n) is 3.87. The van der Waals surface area contributed by atoms with Gasteiger partial charge in [-0.25, -0.2) is 9.37 Å². The van der Waals surface area contributed by atoms with Crippen LogP contribution in [0.15, 0.2) is 24.3 Å². The Morgan fingerprint density at radius 3 is 2.62 bits per heavy atom. The van der Waals surface area contributed by atoms with Crippen LogP contribution in [0.25, 0.3) is 0 Å². The van der Waals surface area contributed by atoms with Crippen LogP contribution in [0.3, 0.4) is 0 Å². The topological polar surface area (TPSA) is 65.5 Å². The van der Waals surface area contributed by atoms with Crippen molar-refractivity contribution in [2.45, 2.75) is 32.6 Å². The monoisotopic (exact) mass is 416 g/mol. The molecule has 4 rings (SSSR count). The van der Waals surface area contributed by atoms with Crippen LogP contribution in [0.2, 0.25) is 0 Å². The molecule has 29 heavy (non-hydrogen) atoms. The van der Waals surface area contributed by atoms with Crippen molar-refractivity contribution < 1.29 is 14.0 Å². The van der Waals surface area contributed by atoms with Crippen molar-refractivity contribution in [3.05, 3.63) is 40.7 Å². The molecule has 1 saturated heterocycles. The lowest BCUT2D eigenvalue weighted by Crippen LogP contribution is -2.48. The highest BCUT2D eigenvalue weighted by Crippen LogP contribution is 2.35. The van der Waals surface area contributed by atoms with Gasteiger partial charge in [-0.2, -0.15) is 0 Å². The third-order valence-electron chi connectivity index (χ3n) is 5.62. The molecule has 0 radical (unpaired) electrons. The predicted octanol–water partition coefficient (Wildman–Crippen LogP) is 3.08. The quantitative estimate of drug-likeness (QED) is 0.832. The van der Waals surface area contributed by atoms with Gasteiger partial charge >= 0.3 is 0 Å². The van der Waals surface area contributed by atoms with Gasteiger partial charge in [0, 0.05) is 49.1 Å². The van der Waals surface area contributed by atoms with Crippen molar-refractivity contribution >= 4 is 34.0 Å². The lowest BCUT2D eigenvalue weighted by molar-refractivity contribution is -0.131. The summed E-state index contributed by atoms with van der Waals surface area (Å²) in [6.07, 6.45) is 2.80. The first-order valence-electron chi connectivity index (χ1n) is 10.1. The molecule has 1 fully saturated rings. The van der Waals surface area contributed by atoms with Gasteiger partial charge in [0.05, 0.1) is 5.69 Å². The van der Waals surface area contributed by atoms with E-state index in [4.69, 9.17) is 4.98 Å². The van der Waals surface area contributed by atoms with Crippen LogP contribution in [-0.2, 0) is 22.4 Å². The Morgan fingerprint density at radius 2 is 1.93 bits per heavy atom. The Kier molecular flexibility index (Phi) is 5.80. The van der Waals surface area contributed by atoms with Gasteiger partial charge in [0.25, 0.3) is 0 Å². The average molecular weight is 417 g/mol. The number of amides is 2. The third-order valence-corrected chi connectivity index (χ3v) is 6.80. The molecule has 2 heterocycles. The van der Waals surface area contributed by atoms with E-state index < -0.39 is 0 Å². The number of halogens is 1. The number of hydrogen-bond donors (Lipinski definition) is 1. The van der Waals surface area contributed by atoms with E-state index in [1.807, 2.05) is 11.8 Å². The summed E-state index contributed by atoms with van der Waals surface area (Å²) in [6.45, 7) is 4.96. The first-order chi connectivity index (χ1) is 14.0. The van der Waals surface area contributed by atoms with Crippen molar-refractivity contribution in [1.29, 1.82) is 0 Å². The van der Waals surface area contributed by atoms with Gasteiger partial charge in [0.15, 0.2) is 5.13 Å². The number of carbonyl (C=O) groups is 2. The van der Waals surface area contributed by atoms with Gasteiger partial charge in [-0.15, -0.1) is 11.3 Å². The summed E-state index contributed by atoms with van der Waals surface area (Å²) >= 11 is 1.67. The van der Waals surface area contributed by atoms with Gasteiger partial charge in [-0.3, -0.25) is 9.59 Å². The molecule has 1 atom stereocenters. The first kappa shape index (κ1) is 19.8. The molecule has 0 saturated carbocycles. The molecule has 1 aliphatic carbocycles. The molecule has 1 aromatic heterocycles. The number of thiazole rings is 1. The fourth-order valence-corrected chi connectivity index (χ4v) is 5.11. The summed E-state index contributed by atoms with van der Waals surface area (Å²) in [7, 11) is 0. The average Bonchev–Trinajstić information content (AvgIpc) is 3.18. The van der Waals surface area contributed by atoms with E-state index in [-0.39, 0.29) is 23.5 Å². The molecule has 2 aliphatic rings. The van der Waals surface area contributed by atoms with Gasteiger partial charge in [-0.05, 0) is 43.5 Å². The molecule has 154 valence electrons. The zero-order valence-corrected chi connectivity index (χ0v) is 17.3. The van der Waals surface area contributed by atoms with Gasteiger partial charge in [-0.1, -0.05) is 6.92 Å². The van der Waals surface area contributed by atoms with E-state index in [0.29, 0.717) is 18.5 Å². The molecule has 0 spiro atoms. The fraction of sp³-hybridized carbons (Fsp3) is 0.476. The van der Waals surface area contributed by atoms with Gasteiger partial charge in [0.1, 0.15) is 5.82 Å². The first-order valence-corrected chi connectivity index (χ1v) is 10.9. The van der Waals surface area contributed by atoms with Crippen LogP contribution >= 0.6 is 11.3 Å². The highest BCUT2D eigenvalue weighted by Gasteiger charge is 2.29. The molecular formula is C21H25FN4O2S. The van der Waals surface area contributed by atoms with E-state index >= 15 is 0 Å². The molecule has 8 heteroatoms. The molecular weight excluding hydrogens is 391 g/mol. The van der Waals surface area contributed by atoms with Crippen molar-refractivity contribution in [1.82, 2.24) is 9.88 Å². The summed E-state index contributed by atoms with van der Waals surface area (Å²) in [5.74, 6) is -0.232. The number of nitrogens with one attached hydrogen (secondary N) is 1. The number of anilines is 2. The minimum Gasteiger partial charge on any atom is -0.345 e. The van der Waals surface area contributed by atoms with Crippen LogP contribution in [0.4, 0.5) is 15.2 Å². The van der Waals surface area contributed by atoms with E-state index in [1.54, 1.807) is 23.5 Å². The Morgan fingerprint density at radius 1 is 1.21 bits per heavy atom. The summed E-state index contributed by atoms with van der Waals surface area (Å²) in [5, 5.41) is 3.89. The maximum absolute atomic E-state index is 13.0. The minimum absolute atomic E-state index is 0.0242. The summed E-state index contributed by atoms with van der Waals surface area (Å²) in [6, 6.07) is 5.85. The number of piperazine rings is 1. The largest absolute Gasteiger partial charge is 0.345 e. The highest BCUT2D eigenvalue weighted by molar-refractivity contribution is 7.15. The lowest BCUT2D eigenvalue weighted by Gasteiger charge is -2.34. The third kappa shape index (κ3) is 4.42. The van der Waals surface area contributed by atoms with Crippen molar-refractivity contribution in [3.8, 4) is 0 Å². The standard InChI is InChI=1S/C21H25FN4O2S/c1-2-19(27)25-9-11-26(12-10-25)21-24-17-8-3-14(13-18(17)29-21)20(28)23-16-6-4-15(22)5-7-16/h4-7,14H,2-3,8-13H2,1H3,(H,23,28)/t14-/m0/s1. The number of aryl methyl sites for hydroxylation is 1. The van der Waals surface area contributed by atoms with Crippen molar-refractivity contribution in [2.75, 3.05) is 36.4 Å². The zero-order valence-electron chi connectivity index (χ0n) is 16.5. The molecule has 0 bridgehead atoms. The summed E-state index contributed by atoms with van der Waals surface area (Å²) in [5.41, 5.74) is 1.72. The number of carbonyl (C=O) groups excluding carboxylic acids is 2. The smallest absolute Gasteiger partial charge is 0.227 e. The second-order valence-corrected chi connectivity index (χ2v) is 8.59. The Balaban J connectivity index is 1.37. The minimum atomic E-state index is -0.317. The number of rotatable bonds is 4. The summed E-state index contributed by atoms with van der Waals surface area (Å²) < 4.78 is 13.0. The normalized spacial score (nSPS) is 19.0. The van der Waals surface area contributed by atoms with Crippen molar-refractivity contribution in [3.63, 3.8) is 0 Å².